The molecule has 1 rings (SSSR count). The lowest BCUT2D eigenvalue weighted by Crippen LogP contribution is -2.40. The minimum atomic E-state index is -1.32. The summed E-state index contributed by atoms with van der Waals surface area (Å²) in [5, 5.41) is 9.57. The van der Waals surface area contributed by atoms with Gasteiger partial charge in [-0.15, -0.1) is 0 Å². The van der Waals surface area contributed by atoms with Crippen LogP contribution in [-0.4, -0.2) is 23.3 Å². The van der Waals surface area contributed by atoms with E-state index >= 15 is 0 Å². The molecule has 23 heavy (non-hydrogen) atoms. The molecule has 0 amide bonds. The second-order valence-electron chi connectivity index (χ2n) is 5.91. The quantitative estimate of drug-likeness (QED) is 0.571. The van der Waals surface area contributed by atoms with Crippen LogP contribution in [0.25, 0.3) is 0 Å². The van der Waals surface area contributed by atoms with Gasteiger partial charge < -0.3 is 14.6 Å². The molecule has 0 radical (unpaired) electrons. The Bertz CT molecular complexity index is 580. The van der Waals surface area contributed by atoms with Crippen molar-refractivity contribution in [3.05, 3.63) is 53.3 Å². The summed E-state index contributed by atoms with van der Waals surface area (Å²) < 4.78 is 11.1. The Morgan fingerprint density at radius 1 is 1.17 bits per heavy atom. The second-order valence-corrected chi connectivity index (χ2v) is 5.91. The fraction of sp³-hybridized carbons (Fsp3) is 0.421. The standard InChI is InChI=1S/C19H26O4/c1-6-22-17-11-9-16(10-12-17)13-19(5,18(20)21)23-15(4)8-7-14(2)3/h7-12H,6,13H2,1-5H3,(H,20,21)/b15-8+. The van der Waals surface area contributed by atoms with E-state index in [2.05, 4.69) is 0 Å². The molecule has 0 heterocycles. The van der Waals surface area contributed by atoms with Crippen molar-refractivity contribution >= 4 is 5.97 Å². The first-order valence-electron chi connectivity index (χ1n) is 7.73. The molecule has 0 saturated heterocycles. The molecule has 0 fully saturated rings. The van der Waals surface area contributed by atoms with Crippen LogP contribution < -0.4 is 4.74 Å². The van der Waals surface area contributed by atoms with E-state index in [1.54, 1.807) is 19.9 Å². The molecule has 4 nitrogen and oxygen atoms in total. The third-order valence-corrected chi connectivity index (χ3v) is 3.27. The number of allylic oxidation sites excluding steroid dienone is 4. The Morgan fingerprint density at radius 3 is 2.26 bits per heavy atom. The summed E-state index contributed by atoms with van der Waals surface area (Å²) in [5.74, 6) is 0.354. The molecule has 0 bridgehead atoms. The van der Waals surface area contributed by atoms with Crippen LogP contribution in [0.15, 0.2) is 47.7 Å². The second kappa shape index (κ2) is 8.42. The molecule has 1 aromatic rings. The molecule has 1 N–H and O–H groups in total. The van der Waals surface area contributed by atoms with E-state index < -0.39 is 11.6 Å². The highest BCUT2D eigenvalue weighted by Crippen LogP contribution is 2.23. The molecule has 1 aromatic carbocycles. The number of ether oxygens (including phenoxy) is 2. The average Bonchev–Trinajstić information content (AvgIpc) is 2.47. The summed E-state index contributed by atoms with van der Waals surface area (Å²) in [6.07, 6.45) is 3.96. The minimum Gasteiger partial charge on any atom is -0.494 e. The summed E-state index contributed by atoms with van der Waals surface area (Å²) in [6.45, 7) is 9.82. The Labute approximate surface area is 138 Å². The van der Waals surface area contributed by atoms with Crippen molar-refractivity contribution in [3.63, 3.8) is 0 Å². The highest BCUT2D eigenvalue weighted by atomic mass is 16.5. The van der Waals surface area contributed by atoms with Crippen molar-refractivity contribution in [2.45, 2.75) is 46.6 Å². The molecule has 1 unspecified atom stereocenters. The topological polar surface area (TPSA) is 55.8 Å². The van der Waals surface area contributed by atoms with Gasteiger partial charge in [0.25, 0.3) is 0 Å². The Hall–Kier alpha value is -2.23. The Balaban J connectivity index is 2.90. The van der Waals surface area contributed by atoms with Crippen molar-refractivity contribution in [3.8, 4) is 5.75 Å². The predicted molar refractivity (Wildman–Crippen MR) is 91.6 cm³/mol. The summed E-state index contributed by atoms with van der Waals surface area (Å²) >= 11 is 0. The normalized spacial score (nSPS) is 13.9. The molecular formula is C19H26O4. The number of carbonyl (C=O) groups is 1. The highest BCUT2D eigenvalue weighted by molar-refractivity contribution is 5.77. The molecule has 126 valence electrons. The maximum Gasteiger partial charge on any atom is 0.348 e. The Kier molecular flexibility index (Phi) is 6.89. The van der Waals surface area contributed by atoms with E-state index in [1.807, 2.05) is 51.1 Å². The maximum atomic E-state index is 11.7. The zero-order valence-corrected chi connectivity index (χ0v) is 14.6. The van der Waals surface area contributed by atoms with Gasteiger partial charge in [-0.25, -0.2) is 4.79 Å². The summed E-state index contributed by atoms with van der Waals surface area (Å²) in [7, 11) is 0. The van der Waals surface area contributed by atoms with Gasteiger partial charge in [-0.1, -0.05) is 23.8 Å². The van der Waals surface area contributed by atoms with Gasteiger partial charge in [0.2, 0.25) is 5.60 Å². The monoisotopic (exact) mass is 318 g/mol. The number of aliphatic carboxylic acids is 1. The summed E-state index contributed by atoms with van der Waals surface area (Å²) in [6, 6.07) is 7.41. The van der Waals surface area contributed by atoms with Crippen LogP contribution in [0.1, 0.15) is 40.2 Å². The molecule has 0 aliphatic rings. The zero-order chi connectivity index (χ0) is 17.5. The van der Waals surface area contributed by atoms with Crippen LogP contribution in [0.2, 0.25) is 0 Å². The summed E-state index contributed by atoms with van der Waals surface area (Å²) in [5.41, 5.74) is 0.688. The molecule has 1 atom stereocenters. The van der Waals surface area contributed by atoms with Gasteiger partial charge in [0.05, 0.1) is 12.4 Å². The van der Waals surface area contributed by atoms with Crippen LogP contribution in [-0.2, 0) is 16.0 Å². The number of carboxylic acid groups (broad SMARTS) is 1. The van der Waals surface area contributed by atoms with Gasteiger partial charge in [-0.2, -0.15) is 0 Å². The fourth-order valence-electron chi connectivity index (χ4n) is 2.09. The molecule has 0 aliphatic heterocycles. The predicted octanol–water partition coefficient (Wildman–Crippen LogP) is 4.36. The summed E-state index contributed by atoms with van der Waals surface area (Å²) in [4.78, 5) is 11.7. The maximum absolute atomic E-state index is 11.7. The molecule has 0 aromatic heterocycles. The lowest BCUT2D eigenvalue weighted by atomic mass is 9.96. The van der Waals surface area contributed by atoms with Crippen molar-refractivity contribution in [2.75, 3.05) is 6.61 Å². The largest absolute Gasteiger partial charge is 0.494 e. The van der Waals surface area contributed by atoms with Gasteiger partial charge in [0.1, 0.15) is 5.75 Å². The first kappa shape index (κ1) is 18.8. The highest BCUT2D eigenvalue weighted by Gasteiger charge is 2.35. The number of benzene rings is 1. The molecule has 4 heteroatoms. The van der Waals surface area contributed by atoms with Gasteiger partial charge in [0, 0.05) is 6.42 Å². The number of hydrogen-bond donors (Lipinski definition) is 1. The average molecular weight is 318 g/mol. The van der Waals surface area contributed by atoms with Crippen LogP contribution in [0.4, 0.5) is 0 Å². The van der Waals surface area contributed by atoms with E-state index in [0.717, 1.165) is 16.9 Å². The lowest BCUT2D eigenvalue weighted by molar-refractivity contribution is -0.158. The first-order chi connectivity index (χ1) is 10.8. The van der Waals surface area contributed by atoms with Gasteiger partial charge in [-0.3, -0.25) is 0 Å². The van der Waals surface area contributed by atoms with Crippen molar-refractivity contribution in [1.29, 1.82) is 0 Å². The third-order valence-electron chi connectivity index (χ3n) is 3.27. The van der Waals surface area contributed by atoms with E-state index in [9.17, 15) is 9.90 Å². The van der Waals surface area contributed by atoms with Crippen molar-refractivity contribution < 1.29 is 19.4 Å². The third kappa shape index (κ3) is 6.19. The van der Waals surface area contributed by atoms with E-state index in [4.69, 9.17) is 9.47 Å². The van der Waals surface area contributed by atoms with E-state index in [-0.39, 0.29) is 6.42 Å². The molecule has 0 saturated carbocycles. The minimum absolute atomic E-state index is 0.273. The fourth-order valence-corrected chi connectivity index (χ4v) is 2.09. The number of rotatable bonds is 8. The molecular weight excluding hydrogens is 292 g/mol. The lowest BCUT2D eigenvalue weighted by Gasteiger charge is -2.27. The SMILES string of the molecule is CCOc1ccc(CC(C)(O/C(C)=C/C=C(C)C)C(=O)O)cc1. The molecule has 0 aliphatic carbocycles. The van der Waals surface area contributed by atoms with E-state index in [1.165, 1.54) is 0 Å². The van der Waals surface area contributed by atoms with Crippen molar-refractivity contribution in [1.82, 2.24) is 0 Å². The van der Waals surface area contributed by atoms with Crippen LogP contribution in [0.5, 0.6) is 5.75 Å². The Morgan fingerprint density at radius 2 is 1.78 bits per heavy atom. The number of carboxylic acids is 1. The first-order valence-corrected chi connectivity index (χ1v) is 7.73. The van der Waals surface area contributed by atoms with Crippen molar-refractivity contribution in [2.24, 2.45) is 0 Å². The van der Waals surface area contributed by atoms with Crippen LogP contribution in [0, 0.1) is 0 Å². The van der Waals surface area contributed by atoms with E-state index in [0.29, 0.717) is 12.4 Å². The van der Waals surface area contributed by atoms with Gasteiger partial charge >= 0.3 is 5.97 Å². The zero-order valence-electron chi connectivity index (χ0n) is 14.6. The van der Waals surface area contributed by atoms with Gasteiger partial charge in [-0.05, 0) is 58.4 Å². The van der Waals surface area contributed by atoms with Gasteiger partial charge in [0.15, 0.2) is 0 Å². The van der Waals surface area contributed by atoms with Crippen LogP contribution >= 0.6 is 0 Å². The molecule has 0 spiro atoms. The smallest absolute Gasteiger partial charge is 0.348 e. The number of hydrogen-bond acceptors (Lipinski definition) is 3. The van der Waals surface area contributed by atoms with Crippen LogP contribution in [0.3, 0.4) is 0 Å².